The number of hydrogen-bond donors (Lipinski definition) is 0. The summed E-state index contributed by atoms with van der Waals surface area (Å²) in [4.78, 5) is 0. The van der Waals surface area contributed by atoms with Gasteiger partial charge in [0.2, 0.25) is 0 Å². The van der Waals surface area contributed by atoms with Crippen molar-refractivity contribution in [1.29, 1.82) is 0 Å². The average molecular weight is 663 g/mol. The molecule has 2 unspecified atom stereocenters. The van der Waals surface area contributed by atoms with E-state index in [1.165, 1.54) is 0 Å². The van der Waals surface area contributed by atoms with Crippen molar-refractivity contribution in [1.82, 2.24) is 0 Å². The SMILES string of the molecule is [2H]C(C[N-]C)C(C)C[N-]C.[Rf].[Rf]. The summed E-state index contributed by atoms with van der Waals surface area (Å²) in [6.45, 7) is 3.45. The summed E-state index contributed by atoms with van der Waals surface area (Å²) in [6, 6.07) is 0. The van der Waals surface area contributed by atoms with Gasteiger partial charge in [0.1, 0.15) is 0 Å². The molecule has 0 amide bonds. The molecule has 4 heteroatoms. The second kappa shape index (κ2) is 10.8. The van der Waals surface area contributed by atoms with E-state index in [1.54, 1.807) is 14.1 Å². The first-order valence-corrected chi connectivity index (χ1v) is 3.25. The standard InChI is InChI=1S/C7H16N2.2Rf/c1-7(6-9-3)4-5-8-2;;/h7H,4-6H2,1-3H3;;/q-2;;/i4D;;. The number of nitrogens with zero attached hydrogens (tertiary/aromatic N) is 2. The monoisotopic (exact) mass is 663 g/mol. The van der Waals surface area contributed by atoms with E-state index in [9.17, 15) is 0 Å². The minimum atomic E-state index is -0.0753. The Hall–Kier alpha value is -2.08. The van der Waals surface area contributed by atoms with E-state index in [0.29, 0.717) is 12.5 Å². The normalized spacial score (nSPS) is 15.4. The molecule has 0 rings (SSSR count). The van der Waals surface area contributed by atoms with Crippen LogP contribution in [0.15, 0.2) is 0 Å². The molecule has 0 fully saturated rings. The minimum absolute atomic E-state index is 0. The number of hydrogen-bond acceptors (Lipinski definition) is 0. The topological polar surface area (TPSA) is 28.2 Å². The third-order valence-electron chi connectivity index (χ3n) is 1.16. The van der Waals surface area contributed by atoms with Crippen molar-refractivity contribution in [2.24, 2.45) is 5.92 Å². The van der Waals surface area contributed by atoms with Gasteiger partial charge in [-0.25, -0.2) is 0 Å². The Morgan fingerprint density at radius 3 is 2.18 bits per heavy atom. The Balaban J connectivity index is -0.000000405. The fraction of sp³-hybridized carbons (Fsp3) is 1.00. The van der Waals surface area contributed by atoms with Gasteiger partial charge in [-0.3, -0.25) is 0 Å². The zero-order valence-electron chi connectivity index (χ0n) is 8.88. The summed E-state index contributed by atoms with van der Waals surface area (Å²) in [5.74, 6) is 0.341. The van der Waals surface area contributed by atoms with Crippen molar-refractivity contribution in [3.05, 3.63) is 10.6 Å². The summed E-state index contributed by atoms with van der Waals surface area (Å²) >= 11 is 0. The van der Waals surface area contributed by atoms with Crippen LogP contribution in [0.4, 0.5) is 0 Å². The zero-order chi connectivity index (χ0) is 7.98. The van der Waals surface area contributed by atoms with E-state index in [0.717, 1.165) is 6.54 Å². The predicted molar refractivity (Wildman–Crippen MR) is 42.1 cm³/mol. The summed E-state index contributed by atoms with van der Waals surface area (Å²) < 4.78 is 7.53. The molecule has 0 N–H and O–H groups in total. The van der Waals surface area contributed by atoms with Crippen LogP contribution in [-0.2, 0) is 0 Å². The molecule has 0 aliphatic rings. The fourth-order valence-corrected chi connectivity index (χ4v) is 0.648. The van der Waals surface area contributed by atoms with E-state index in [2.05, 4.69) is 10.6 Å². The second-order valence-corrected chi connectivity index (χ2v) is 2.21. The van der Waals surface area contributed by atoms with Gasteiger partial charge in [-0.2, -0.15) is 14.1 Å². The van der Waals surface area contributed by atoms with Crippen LogP contribution in [0.2, 0.25) is 0 Å². The smallest absolute Gasteiger partial charge is 0.0251 e. The van der Waals surface area contributed by atoms with Crippen molar-refractivity contribution in [2.75, 3.05) is 27.2 Å². The first-order chi connectivity index (χ1) is 4.72. The molecule has 0 spiro atoms. The molecule has 0 aromatic heterocycles. The Morgan fingerprint density at radius 1 is 1.27 bits per heavy atom. The molecule has 0 aromatic carbocycles. The van der Waals surface area contributed by atoms with Gasteiger partial charge >= 0.3 is 0 Å². The van der Waals surface area contributed by atoms with Crippen molar-refractivity contribution in [3.63, 3.8) is 0 Å². The zero-order valence-corrected chi connectivity index (χ0v) is 20.7. The molecule has 0 radical (unpaired) electrons. The van der Waals surface area contributed by atoms with E-state index < -0.39 is 0 Å². The van der Waals surface area contributed by atoms with Gasteiger partial charge in [0.15, 0.2) is 0 Å². The fourth-order valence-electron chi connectivity index (χ4n) is 0.648. The average Bonchev–Trinajstić information content (AvgIpc) is 1.89. The third kappa shape index (κ3) is 11.5. The molecule has 0 saturated carbocycles. The molecule has 0 aromatic rings. The van der Waals surface area contributed by atoms with Crippen LogP contribution in [0.1, 0.15) is 14.7 Å². The van der Waals surface area contributed by atoms with E-state index in [4.69, 9.17) is 1.37 Å². The van der Waals surface area contributed by atoms with Gasteiger partial charge in [-0.05, 0) is 0 Å². The van der Waals surface area contributed by atoms with Crippen LogP contribution < -0.4 is 0 Å². The van der Waals surface area contributed by atoms with Crippen LogP contribution in [-0.4, -0.2) is 27.2 Å². The molecule has 0 bridgehead atoms. The molecule has 60 valence electrons. The van der Waals surface area contributed by atoms with Crippen LogP contribution >= 0.6 is 0 Å². The maximum Gasteiger partial charge on any atom is 0.0251 e. The quantitative estimate of drug-likeness (QED) is 0.432. The summed E-state index contributed by atoms with van der Waals surface area (Å²) in [5, 5.41) is 7.89. The molecule has 0 saturated heterocycles. The van der Waals surface area contributed by atoms with Crippen LogP contribution in [0.25, 0.3) is 10.6 Å². The molecule has 2 atom stereocenters. The summed E-state index contributed by atoms with van der Waals surface area (Å²) in [6.07, 6.45) is -0.0753. The van der Waals surface area contributed by atoms with Gasteiger partial charge < -0.3 is 10.6 Å². The molecule has 0 aliphatic heterocycles. The molecule has 0 heterocycles. The molecular formula is C7H16N2Rf2-2. The Bertz CT molecular complexity index is 75.8. The molecular weight excluding hydrogens is 646 g/mol. The van der Waals surface area contributed by atoms with Gasteiger partial charge in [-0.1, -0.05) is 19.2 Å². The molecule has 0 aliphatic carbocycles. The Labute approximate surface area is 59.4 Å². The van der Waals surface area contributed by atoms with Crippen molar-refractivity contribution in [3.8, 4) is 0 Å². The summed E-state index contributed by atoms with van der Waals surface area (Å²) in [7, 11) is 3.53. The van der Waals surface area contributed by atoms with Gasteiger partial charge in [0.25, 0.3) is 0 Å². The molecule has 11 heavy (non-hydrogen) atoms. The first-order valence-electron chi connectivity index (χ1n) is 3.83. The first kappa shape index (κ1) is 11.7. The van der Waals surface area contributed by atoms with Gasteiger partial charge in [0.05, 0.1) is 0 Å². The van der Waals surface area contributed by atoms with Crippen molar-refractivity contribution in [2.45, 2.75) is 13.3 Å². The van der Waals surface area contributed by atoms with E-state index in [1.807, 2.05) is 6.92 Å². The third-order valence-corrected chi connectivity index (χ3v) is 1.16. The molecule has 2 nitrogen and oxygen atoms in total. The maximum absolute atomic E-state index is 7.53. The van der Waals surface area contributed by atoms with Crippen LogP contribution in [0.5, 0.6) is 0 Å². The Morgan fingerprint density at radius 2 is 1.82 bits per heavy atom. The van der Waals surface area contributed by atoms with Gasteiger partial charge in [-0.15, -0.1) is 13.1 Å². The van der Waals surface area contributed by atoms with Crippen molar-refractivity contribution < 1.29 is 1.37 Å². The minimum Gasteiger partial charge on any atom is -0.665 e. The number of rotatable bonds is 5. The Kier molecular flexibility index (Phi) is 11.5. The maximum atomic E-state index is 7.53. The van der Waals surface area contributed by atoms with E-state index in [-0.39, 0.29) is 6.40 Å². The summed E-state index contributed by atoms with van der Waals surface area (Å²) in [5.41, 5.74) is 0. The van der Waals surface area contributed by atoms with E-state index >= 15 is 0 Å². The second-order valence-electron chi connectivity index (χ2n) is 2.21. The van der Waals surface area contributed by atoms with Crippen LogP contribution in [0.3, 0.4) is 0 Å². The van der Waals surface area contributed by atoms with Crippen molar-refractivity contribution >= 4 is 0 Å². The van der Waals surface area contributed by atoms with Gasteiger partial charge in [0, 0.05) is 1.37 Å². The predicted octanol–water partition coefficient (Wildman–Crippen LogP) is 2.02. The van der Waals surface area contributed by atoms with Crippen LogP contribution in [0, 0.1) is 5.92 Å². The largest absolute Gasteiger partial charge is 0.665 e.